The summed E-state index contributed by atoms with van der Waals surface area (Å²) in [6.45, 7) is 3.23. The van der Waals surface area contributed by atoms with Gasteiger partial charge in [0.05, 0.1) is 6.10 Å². The highest BCUT2D eigenvalue weighted by Crippen LogP contribution is 2.44. The van der Waals surface area contributed by atoms with Crippen molar-refractivity contribution in [3.05, 3.63) is 35.4 Å². The van der Waals surface area contributed by atoms with Gasteiger partial charge < -0.3 is 4.74 Å². The van der Waals surface area contributed by atoms with Crippen LogP contribution < -0.4 is 0 Å². The topological polar surface area (TPSA) is 9.23 Å². The van der Waals surface area contributed by atoms with Crippen LogP contribution in [0.2, 0.25) is 0 Å². The maximum atomic E-state index is 5.94. The Morgan fingerprint density at radius 2 is 2.14 bits per heavy atom. The molecule has 1 aromatic rings. The predicted molar refractivity (Wildman–Crippen MR) is 56.1 cm³/mol. The summed E-state index contributed by atoms with van der Waals surface area (Å²) in [6.07, 6.45) is 2.97. The third kappa shape index (κ3) is 1.19. The van der Waals surface area contributed by atoms with Gasteiger partial charge in [0.15, 0.2) is 0 Å². The number of hydrogen-bond acceptors (Lipinski definition) is 1. The maximum absolute atomic E-state index is 5.94. The van der Waals surface area contributed by atoms with E-state index in [1.165, 1.54) is 24.0 Å². The largest absolute Gasteiger partial charge is 0.373 e. The molecule has 1 heteroatoms. The molecule has 14 heavy (non-hydrogen) atoms. The average Bonchev–Trinajstić information content (AvgIpc) is 2.54. The monoisotopic (exact) mass is 188 g/mol. The lowest BCUT2D eigenvalue weighted by Crippen LogP contribution is -2.24. The quantitative estimate of drug-likeness (QED) is 0.608. The molecule has 1 fully saturated rings. The smallest absolute Gasteiger partial charge is 0.0859 e. The zero-order chi connectivity index (χ0) is 9.54. The predicted octanol–water partition coefficient (Wildman–Crippen LogP) is 2.96. The summed E-state index contributed by atoms with van der Waals surface area (Å²) >= 11 is 0. The molecule has 74 valence electrons. The van der Waals surface area contributed by atoms with Crippen molar-refractivity contribution in [1.82, 2.24) is 0 Å². The molecule has 0 N–H and O–H groups in total. The number of fused-ring (bicyclic) bond motifs is 3. The third-order valence-electron chi connectivity index (χ3n) is 3.54. The normalized spacial score (nSPS) is 35.1. The first kappa shape index (κ1) is 8.49. The Morgan fingerprint density at radius 3 is 3.07 bits per heavy atom. The second-order valence-electron chi connectivity index (χ2n) is 4.76. The van der Waals surface area contributed by atoms with Gasteiger partial charge in [0.1, 0.15) is 0 Å². The van der Waals surface area contributed by atoms with E-state index in [9.17, 15) is 0 Å². The first-order valence-electron chi connectivity index (χ1n) is 5.54. The standard InChI is InChI=1S/C13H16O/c1-9-6-11-7-10-4-2-3-5-12(10)13(11)14-8-9/h2-5,9,11,13H,6-8H2,1H3. The van der Waals surface area contributed by atoms with Gasteiger partial charge in [-0.2, -0.15) is 0 Å². The summed E-state index contributed by atoms with van der Waals surface area (Å²) in [5, 5.41) is 0. The second kappa shape index (κ2) is 3.09. The summed E-state index contributed by atoms with van der Waals surface area (Å²) in [5.41, 5.74) is 2.96. The van der Waals surface area contributed by atoms with Crippen LogP contribution in [0.3, 0.4) is 0 Å². The molecule has 1 heterocycles. The summed E-state index contributed by atoms with van der Waals surface area (Å²) in [7, 11) is 0. The maximum Gasteiger partial charge on any atom is 0.0859 e. The van der Waals surface area contributed by atoms with Crippen molar-refractivity contribution in [2.45, 2.75) is 25.9 Å². The molecule has 3 rings (SSSR count). The first-order chi connectivity index (χ1) is 6.84. The highest BCUT2D eigenvalue weighted by Gasteiger charge is 2.36. The molecule has 1 aliphatic heterocycles. The van der Waals surface area contributed by atoms with E-state index >= 15 is 0 Å². The molecule has 1 saturated heterocycles. The number of hydrogen-bond donors (Lipinski definition) is 0. The third-order valence-corrected chi connectivity index (χ3v) is 3.54. The van der Waals surface area contributed by atoms with Crippen LogP contribution in [0.1, 0.15) is 30.6 Å². The van der Waals surface area contributed by atoms with Gasteiger partial charge in [-0.1, -0.05) is 31.2 Å². The van der Waals surface area contributed by atoms with Crippen LogP contribution in [0, 0.1) is 11.8 Å². The van der Waals surface area contributed by atoms with Crippen molar-refractivity contribution in [2.24, 2.45) is 11.8 Å². The van der Waals surface area contributed by atoms with Crippen molar-refractivity contribution >= 4 is 0 Å². The van der Waals surface area contributed by atoms with Crippen LogP contribution in [0.15, 0.2) is 24.3 Å². The minimum absolute atomic E-state index is 0.405. The van der Waals surface area contributed by atoms with E-state index in [0.29, 0.717) is 6.10 Å². The van der Waals surface area contributed by atoms with Crippen molar-refractivity contribution in [2.75, 3.05) is 6.61 Å². The van der Waals surface area contributed by atoms with E-state index in [0.717, 1.165) is 18.4 Å². The lowest BCUT2D eigenvalue weighted by molar-refractivity contribution is -0.0450. The van der Waals surface area contributed by atoms with Gasteiger partial charge in [-0.25, -0.2) is 0 Å². The van der Waals surface area contributed by atoms with Crippen LogP contribution in [0.5, 0.6) is 0 Å². The molecule has 0 saturated carbocycles. The lowest BCUT2D eigenvalue weighted by Gasteiger charge is -2.30. The number of benzene rings is 1. The Morgan fingerprint density at radius 1 is 1.29 bits per heavy atom. The Balaban J connectivity index is 1.94. The van der Waals surface area contributed by atoms with Crippen LogP contribution in [-0.4, -0.2) is 6.61 Å². The van der Waals surface area contributed by atoms with E-state index in [2.05, 4.69) is 31.2 Å². The van der Waals surface area contributed by atoms with E-state index in [4.69, 9.17) is 4.74 Å². The molecule has 1 aromatic carbocycles. The molecule has 3 atom stereocenters. The van der Waals surface area contributed by atoms with Crippen molar-refractivity contribution in [3.63, 3.8) is 0 Å². The Hall–Kier alpha value is -0.820. The fourth-order valence-corrected chi connectivity index (χ4v) is 2.93. The molecule has 0 spiro atoms. The second-order valence-corrected chi connectivity index (χ2v) is 4.76. The van der Waals surface area contributed by atoms with Gasteiger partial charge in [0.2, 0.25) is 0 Å². The highest BCUT2D eigenvalue weighted by atomic mass is 16.5. The molecule has 2 aliphatic rings. The van der Waals surface area contributed by atoms with Crippen molar-refractivity contribution < 1.29 is 4.74 Å². The first-order valence-corrected chi connectivity index (χ1v) is 5.54. The fraction of sp³-hybridized carbons (Fsp3) is 0.538. The minimum atomic E-state index is 0.405. The van der Waals surface area contributed by atoms with E-state index in [1.807, 2.05) is 0 Å². The number of rotatable bonds is 0. The lowest BCUT2D eigenvalue weighted by atomic mass is 9.89. The fourth-order valence-electron chi connectivity index (χ4n) is 2.93. The molecule has 1 nitrogen and oxygen atoms in total. The van der Waals surface area contributed by atoms with E-state index < -0.39 is 0 Å². The molecule has 0 bridgehead atoms. The Bertz CT molecular complexity index is 345. The molecule has 0 radical (unpaired) electrons. The van der Waals surface area contributed by atoms with Crippen molar-refractivity contribution in [3.8, 4) is 0 Å². The van der Waals surface area contributed by atoms with Gasteiger partial charge >= 0.3 is 0 Å². The zero-order valence-electron chi connectivity index (χ0n) is 8.57. The molecule has 0 amide bonds. The Labute approximate surface area is 85.1 Å². The van der Waals surface area contributed by atoms with Gasteiger partial charge in [-0.3, -0.25) is 0 Å². The SMILES string of the molecule is CC1COC2c3ccccc3CC2C1. The Kier molecular flexibility index (Phi) is 1.88. The van der Waals surface area contributed by atoms with E-state index in [-0.39, 0.29) is 0 Å². The van der Waals surface area contributed by atoms with Crippen LogP contribution in [0.4, 0.5) is 0 Å². The summed E-state index contributed by atoms with van der Waals surface area (Å²) in [4.78, 5) is 0. The van der Waals surface area contributed by atoms with Gasteiger partial charge in [0, 0.05) is 6.61 Å². The summed E-state index contributed by atoms with van der Waals surface area (Å²) < 4.78 is 5.94. The summed E-state index contributed by atoms with van der Waals surface area (Å²) in [5.74, 6) is 1.49. The zero-order valence-corrected chi connectivity index (χ0v) is 8.57. The van der Waals surface area contributed by atoms with Crippen molar-refractivity contribution in [1.29, 1.82) is 0 Å². The highest BCUT2D eigenvalue weighted by molar-refractivity contribution is 5.35. The summed E-state index contributed by atoms with van der Waals surface area (Å²) in [6, 6.07) is 8.75. The van der Waals surface area contributed by atoms with Crippen LogP contribution in [-0.2, 0) is 11.2 Å². The van der Waals surface area contributed by atoms with Gasteiger partial charge in [-0.05, 0) is 35.8 Å². The van der Waals surface area contributed by atoms with Crippen LogP contribution >= 0.6 is 0 Å². The molecule has 0 aromatic heterocycles. The molecule has 1 aliphatic carbocycles. The van der Waals surface area contributed by atoms with Crippen LogP contribution in [0.25, 0.3) is 0 Å². The minimum Gasteiger partial charge on any atom is -0.373 e. The number of ether oxygens (including phenoxy) is 1. The van der Waals surface area contributed by atoms with Gasteiger partial charge in [0.25, 0.3) is 0 Å². The molecule has 3 unspecified atom stereocenters. The van der Waals surface area contributed by atoms with E-state index in [1.54, 1.807) is 0 Å². The molecular formula is C13H16O. The molecular weight excluding hydrogens is 172 g/mol. The average molecular weight is 188 g/mol. The van der Waals surface area contributed by atoms with Gasteiger partial charge in [-0.15, -0.1) is 0 Å².